The number of anilines is 1. The molecule has 0 bridgehead atoms. The van der Waals surface area contributed by atoms with Gasteiger partial charge >= 0.3 is 0 Å². The largest absolute Gasteiger partial charge is 0.358 e. The Morgan fingerprint density at radius 2 is 1.75 bits per heavy atom. The molecule has 16 heavy (non-hydrogen) atoms. The molecule has 1 aromatic rings. The number of halogens is 3. The van der Waals surface area contributed by atoms with Crippen molar-refractivity contribution < 1.29 is 4.39 Å². The Labute approximate surface area is 108 Å². The van der Waals surface area contributed by atoms with Gasteiger partial charge in [-0.05, 0) is 44.0 Å². The minimum absolute atomic E-state index is 0.0666. The summed E-state index contributed by atoms with van der Waals surface area (Å²) in [5.74, 6) is -0.394. The summed E-state index contributed by atoms with van der Waals surface area (Å²) in [5.41, 5.74) is 0.479. The summed E-state index contributed by atoms with van der Waals surface area (Å²) in [6, 6.07) is 5.96. The van der Waals surface area contributed by atoms with E-state index in [0.29, 0.717) is 14.6 Å². The number of nitrogens with one attached hydrogen (secondary N) is 1. The van der Waals surface area contributed by atoms with Crippen LogP contribution in [0.15, 0.2) is 32.9 Å². The maximum atomic E-state index is 12.9. The molecule has 80 valence electrons. The zero-order valence-electron chi connectivity index (χ0n) is 7.76. The Bertz CT molecular complexity index is 487. The molecule has 0 amide bonds. The number of hydrogen-bond acceptors (Lipinski definition) is 3. The molecule has 0 unspecified atom stereocenters. The zero-order chi connectivity index (χ0) is 12.1. The molecule has 0 fully saturated rings. The summed E-state index contributed by atoms with van der Waals surface area (Å²) in [5, 5.41) is 19.8. The summed E-state index contributed by atoms with van der Waals surface area (Å²) >= 11 is 6.33. The van der Waals surface area contributed by atoms with E-state index in [0.717, 1.165) is 0 Å². The second-order valence-corrected chi connectivity index (χ2v) is 4.38. The maximum Gasteiger partial charge on any atom is 0.145 e. The van der Waals surface area contributed by atoms with Gasteiger partial charge in [0.05, 0.1) is 5.69 Å². The van der Waals surface area contributed by atoms with Crippen LogP contribution in [0.3, 0.4) is 0 Å². The first-order valence-corrected chi connectivity index (χ1v) is 5.58. The first-order chi connectivity index (χ1) is 7.58. The molecular weight excluding hydrogens is 341 g/mol. The lowest BCUT2D eigenvalue weighted by molar-refractivity contribution is 0.626. The van der Waals surface area contributed by atoms with Gasteiger partial charge in [0.2, 0.25) is 0 Å². The third kappa shape index (κ3) is 3.06. The van der Waals surface area contributed by atoms with Crippen molar-refractivity contribution in [2.75, 3.05) is 5.32 Å². The molecule has 1 aromatic carbocycles. The van der Waals surface area contributed by atoms with Gasteiger partial charge in [-0.15, -0.1) is 0 Å². The van der Waals surface area contributed by atoms with Crippen molar-refractivity contribution in [1.29, 1.82) is 10.5 Å². The third-order valence-corrected chi connectivity index (χ3v) is 2.86. The van der Waals surface area contributed by atoms with Crippen molar-refractivity contribution in [3.63, 3.8) is 0 Å². The molecule has 0 aliphatic carbocycles. The van der Waals surface area contributed by atoms with E-state index in [4.69, 9.17) is 10.5 Å². The highest BCUT2D eigenvalue weighted by molar-refractivity contribution is 9.11. The number of nitrogens with zero attached hydrogens (tertiary/aromatic N) is 2. The third-order valence-electron chi connectivity index (χ3n) is 1.61. The van der Waals surface area contributed by atoms with E-state index in [2.05, 4.69) is 37.2 Å². The highest BCUT2D eigenvalue weighted by Gasteiger charge is 2.06. The molecule has 0 spiro atoms. The van der Waals surface area contributed by atoms with Gasteiger partial charge in [-0.25, -0.2) is 4.39 Å². The summed E-state index contributed by atoms with van der Waals surface area (Å²) in [6.45, 7) is 0. The van der Waals surface area contributed by atoms with Crippen LogP contribution in [0.25, 0.3) is 0 Å². The Balaban J connectivity index is 3.05. The lowest BCUT2D eigenvalue weighted by Crippen LogP contribution is -1.93. The SMILES string of the molecule is N#CC(C#N)=CNc1c(Br)cc(F)cc1Br. The zero-order valence-corrected chi connectivity index (χ0v) is 10.9. The van der Waals surface area contributed by atoms with Gasteiger partial charge in [0.15, 0.2) is 0 Å². The molecule has 0 aromatic heterocycles. The Morgan fingerprint density at radius 3 is 2.19 bits per heavy atom. The molecule has 0 heterocycles. The van der Waals surface area contributed by atoms with Gasteiger partial charge < -0.3 is 5.32 Å². The maximum absolute atomic E-state index is 12.9. The van der Waals surface area contributed by atoms with Crippen LogP contribution in [0.5, 0.6) is 0 Å². The second-order valence-electron chi connectivity index (χ2n) is 2.67. The number of hydrogen-bond donors (Lipinski definition) is 1. The van der Waals surface area contributed by atoms with Gasteiger partial charge in [0, 0.05) is 15.1 Å². The minimum atomic E-state index is -0.394. The van der Waals surface area contributed by atoms with E-state index in [1.807, 2.05) is 0 Å². The Kier molecular flexibility index (Phi) is 4.48. The molecular formula is C10H4Br2FN3. The van der Waals surface area contributed by atoms with E-state index in [9.17, 15) is 4.39 Å². The highest BCUT2D eigenvalue weighted by Crippen LogP contribution is 2.32. The predicted octanol–water partition coefficient (Wildman–Crippen LogP) is 3.69. The Hall–Kier alpha value is -1.37. The Morgan fingerprint density at radius 1 is 1.25 bits per heavy atom. The number of allylic oxidation sites excluding steroid dienone is 1. The normalized spacial score (nSPS) is 8.81. The van der Waals surface area contributed by atoms with Crippen molar-refractivity contribution in [2.45, 2.75) is 0 Å². The molecule has 0 atom stereocenters. The summed E-state index contributed by atoms with van der Waals surface area (Å²) < 4.78 is 13.9. The van der Waals surface area contributed by atoms with Crippen LogP contribution in [-0.4, -0.2) is 0 Å². The van der Waals surface area contributed by atoms with Crippen molar-refractivity contribution in [3.05, 3.63) is 38.7 Å². The number of nitriles is 2. The monoisotopic (exact) mass is 343 g/mol. The smallest absolute Gasteiger partial charge is 0.145 e. The van der Waals surface area contributed by atoms with Crippen molar-refractivity contribution in [1.82, 2.24) is 0 Å². The number of rotatable bonds is 2. The molecule has 0 radical (unpaired) electrons. The van der Waals surface area contributed by atoms with E-state index in [1.54, 1.807) is 12.1 Å². The van der Waals surface area contributed by atoms with Crippen molar-refractivity contribution >= 4 is 37.5 Å². The van der Waals surface area contributed by atoms with Crippen LogP contribution in [0.4, 0.5) is 10.1 Å². The van der Waals surface area contributed by atoms with Gasteiger partial charge in [0.25, 0.3) is 0 Å². The average molecular weight is 345 g/mol. The minimum Gasteiger partial charge on any atom is -0.358 e. The van der Waals surface area contributed by atoms with Crippen LogP contribution in [0.2, 0.25) is 0 Å². The second kappa shape index (κ2) is 5.64. The standard InChI is InChI=1S/C10H4Br2FN3/c11-8-1-7(13)2-9(12)10(8)16-5-6(3-14)4-15/h1-2,5,16H. The molecule has 6 heteroatoms. The average Bonchev–Trinajstić information content (AvgIpc) is 2.22. The topological polar surface area (TPSA) is 59.6 Å². The van der Waals surface area contributed by atoms with E-state index in [1.165, 1.54) is 18.3 Å². The fourth-order valence-electron chi connectivity index (χ4n) is 0.914. The fourth-order valence-corrected chi connectivity index (χ4v) is 2.27. The molecule has 0 aliphatic rings. The molecule has 1 N–H and O–H groups in total. The van der Waals surface area contributed by atoms with Gasteiger partial charge in [0.1, 0.15) is 23.5 Å². The van der Waals surface area contributed by atoms with Crippen LogP contribution in [0.1, 0.15) is 0 Å². The van der Waals surface area contributed by atoms with Crippen molar-refractivity contribution in [2.24, 2.45) is 0 Å². The molecule has 1 rings (SSSR count). The van der Waals surface area contributed by atoms with Gasteiger partial charge in [-0.1, -0.05) is 0 Å². The van der Waals surface area contributed by atoms with Gasteiger partial charge in [-0.3, -0.25) is 0 Å². The summed E-state index contributed by atoms with van der Waals surface area (Å²) in [6.07, 6.45) is 1.25. The van der Waals surface area contributed by atoms with Gasteiger partial charge in [-0.2, -0.15) is 10.5 Å². The van der Waals surface area contributed by atoms with Crippen LogP contribution < -0.4 is 5.32 Å². The van der Waals surface area contributed by atoms with E-state index < -0.39 is 5.82 Å². The lowest BCUT2D eigenvalue weighted by Gasteiger charge is -2.06. The first-order valence-electron chi connectivity index (χ1n) is 4.00. The summed E-state index contributed by atoms with van der Waals surface area (Å²) in [4.78, 5) is 0. The van der Waals surface area contributed by atoms with Crippen LogP contribution in [-0.2, 0) is 0 Å². The fraction of sp³-hybridized carbons (Fsp3) is 0. The summed E-state index contributed by atoms with van der Waals surface area (Å²) in [7, 11) is 0. The van der Waals surface area contributed by atoms with Crippen LogP contribution >= 0.6 is 31.9 Å². The van der Waals surface area contributed by atoms with Crippen molar-refractivity contribution in [3.8, 4) is 12.1 Å². The molecule has 0 saturated heterocycles. The first kappa shape index (κ1) is 12.7. The van der Waals surface area contributed by atoms with E-state index in [-0.39, 0.29) is 5.57 Å². The molecule has 0 saturated carbocycles. The molecule has 3 nitrogen and oxygen atoms in total. The highest BCUT2D eigenvalue weighted by atomic mass is 79.9. The van der Waals surface area contributed by atoms with Crippen LogP contribution in [0, 0.1) is 28.5 Å². The quantitative estimate of drug-likeness (QED) is 0.832. The number of benzene rings is 1. The predicted molar refractivity (Wildman–Crippen MR) is 64.7 cm³/mol. The molecule has 0 aliphatic heterocycles. The lowest BCUT2D eigenvalue weighted by atomic mass is 10.3. The van der Waals surface area contributed by atoms with E-state index >= 15 is 0 Å².